The van der Waals surface area contributed by atoms with E-state index in [0.717, 1.165) is 5.56 Å². The van der Waals surface area contributed by atoms with Crippen LogP contribution >= 0.6 is 0 Å². The molecule has 2 heteroatoms. The Hall–Kier alpha value is -0.603. The van der Waals surface area contributed by atoms with Gasteiger partial charge in [-0.15, -0.1) is 0 Å². The van der Waals surface area contributed by atoms with Crippen molar-refractivity contribution in [1.82, 2.24) is 0 Å². The zero-order valence-corrected chi connectivity index (χ0v) is 11.4. The van der Waals surface area contributed by atoms with E-state index in [4.69, 9.17) is 5.11 Å². The molecule has 0 radical (unpaired) electrons. The minimum Gasteiger partial charge on any atom is -0.392 e. The van der Waals surface area contributed by atoms with Gasteiger partial charge in [-0.3, -0.25) is 0 Å². The van der Waals surface area contributed by atoms with E-state index in [0.29, 0.717) is 0 Å². The van der Waals surface area contributed by atoms with E-state index in [1.54, 1.807) is 0 Å². The summed E-state index contributed by atoms with van der Waals surface area (Å²) in [6.45, 7) is 2.39. The van der Waals surface area contributed by atoms with Crippen LogP contribution in [0.1, 0.15) is 31.7 Å². The zero-order valence-electron chi connectivity index (χ0n) is 9.37. The van der Waals surface area contributed by atoms with Crippen LogP contribution < -0.4 is 0 Å². The van der Waals surface area contributed by atoms with E-state index in [9.17, 15) is 0 Å². The largest absolute Gasteiger partial charge is 0.392 e. The lowest BCUT2D eigenvalue weighted by atomic mass is 10.2. The molecule has 0 aliphatic carbocycles. The Morgan fingerprint density at radius 3 is 2.07 bits per heavy atom. The summed E-state index contributed by atoms with van der Waals surface area (Å²) < 4.78 is 0. The van der Waals surface area contributed by atoms with Gasteiger partial charge in [-0.1, -0.05) is 62.6 Å². The van der Waals surface area contributed by atoms with Crippen LogP contribution in [0.2, 0.25) is 6.04 Å². The molecular weight excluding hydrogens is 188 g/mol. The summed E-state index contributed by atoms with van der Waals surface area (Å²) in [4.78, 5) is 0. The van der Waals surface area contributed by atoms with E-state index in [1.165, 1.54) is 35.5 Å². The van der Waals surface area contributed by atoms with E-state index in [1.807, 2.05) is 30.3 Å². The summed E-state index contributed by atoms with van der Waals surface area (Å²) in [5, 5.41) is 8.54. The van der Waals surface area contributed by atoms with Gasteiger partial charge in [-0.25, -0.2) is 0 Å². The fraction of sp³-hybridized carbons (Fsp3) is 0.500. The first-order chi connectivity index (χ1) is 6.85. The van der Waals surface area contributed by atoms with Gasteiger partial charge in [0.2, 0.25) is 0 Å². The third-order valence-electron chi connectivity index (χ3n) is 1.98. The van der Waals surface area contributed by atoms with Crippen LogP contribution in [-0.4, -0.2) is 15.3 Å². The van der Waals surface area contributed by atoms with Crippen LogP contribution in [0.25, 0.3) is 0 Å². The third kappa shape index (κ3) is 8.02. The predicted octanol–water partition coefficient (Wildman–Crippen LogP) is 2.14. The molecule has 0 aliphatic heterocycles. The summed E-state index contributed by atoms with van der Waals surface area (Å²) in [5.41, 5.74) is 0.965. The average Bonchev–Trinajstić information content (AvgIpc) is 2.28. The maximum absolute atomic E-state index is 8.54. The molecule has 1 rings (SSSR count). The first-order valence-corrected chi connectivity index (χ1v) is 6.91. The third-order valence-corrected chi connectivity index (χ3v) is 2.69. The first-order valence-electron chi connectivity index (χ1n) is 5.49. The second-order valence-electron chi connectivity index (χ2n) is 3.35. The van der Waals surface area contributed by atoms with Gasteiger partial charge in [0.15, 0.2) is 0 Å². The second kappa shape index (κ2) is 10.5. The molecule has 1 N–H and O–H groups in total. The molecule has 14 heavy (non-hydrogen) atoms. The highest BCUT2D eigenvalue weighted by atomic mass is 28.1. The van der Waals surface area contributed by atoms with Gasteiger partial charge in [-0.2, -0.15) is 0 Å². The highest BCUT2D eigenvalue weighted by Gasteiger charge is 1.81. The fourth-order valence-corrected chi connectivity index (χ4v) is 1.58. The number of unbranched alkanes of at least 4 members (excludes halogenated alkanes) is 2. The van der Waals surface area contributed by atoms with E-state index in [2.05, 4.69) is 6.92 Å². The summed E-state index contributed by atoms with van der Waals surface area (Å²) in [6.07, 6.45) is 4.30. The molecule has 1 aromatic carbocycles. The Morgan fingerprint density at radius 2 is 1.79 bits per heavy atom. The lowest BCUT2D eigenvalue weighted by Gasteiger charge is -1.89. The molecule has 0 saturated heterocycles. The summed E-state index contributed by atoms with van der Waals surface area (Å²) in [7, 11) is 1.40. The van der Waals surface area contributed by atoms with Gasteiger partial charge in [0.05, 0.1) is 6.61 Å². The molecule has 0 heterocycles. The van der Waals surface area contributed by atoms with Crippen molar-refractivity contribution in [3.63, 3.8) is 0 Å². The van der Waals surface area contributed by atoms with Gasteiger partial charge in [-0.05, 0) is 5.56 Å². The normalized spacial score (nSPS) is 9.29. The Labute approximate surface area is 90.6 Å². The summed E-state index contributed by atoms with van der Waals surface area (Å²) >= 11 is 0. The van der Waals surface area contributed by atoms with Gasteiger partial charge in [0, 0.05) is 10.2 Å². The smallest absolute Gasteiger partial charge is 0.0681 e. The lowest BCUT2D eigenvalue weighted by molar-refractivity contribution is 0.282. The van der Waals surface area contributed by atoms with Crippen molar-refractivity contribution in [3.05, 3.63) is 35.9 Å². The van der Waals surface area contributed by atoms with Gasteiger partial charge in [0.1, 0.15) is 0 Å². The van der Waals surface area contributed by atoms with E-state index < -0.39 is 0 Å². The molecule has 0 bridgehead atoms. The van der Waals surface area contributed by atoms with Crippen molar-refractivity contribution in [2.45, 2.75) is 38.8 Å². The minimum atomic E-state index is 0.140. The van der Waals surface area contributed by atoms with Gasteiger partial charge < -0.3 is 5.11 Å². The van der Waals surface area contributed by atoms with Crippen LogP contribution in [0.5, 0.6) is 0 Å². The Morgan fingerprint density at radius 1 is 1.14 bits per heavy atom. The van der Waals surface area contributed by atoms with E-state index in [-0.39, 0.29) is 6.61 Å². The molecular formula is C12H22OSi. The predicted molar refractivity (Wildman–Crippen MR) is 66.6 cm³/mol. The number of hydrogen-bond donors (Lipinski definition) is 1. The molecule has 0 aliphatic rings. The number of rotatable bonds is 4. The number of aliphatic hydroxyl groups excluding tert-OH is 1. The monoisotopic (exact) mass is 210 g/mol. The minimum absolute atomic E-state index is 0.140. The van der Waals surface area contributed by atoms with Crippen LogP contribution in [0.15, 0.2) is 30.3 Å². The lowest BCUT2D eigenvalue weighted by Crippen LogP contribution is -1.77. The van der Waals surface area contributed by atoms with Crippen LogP contribution in [-0.2, 0) is 6.61 Å². The summed E-state index contributed by atoms with van der Waals surface area (Å²) in [5.74, 6) is 0. The highest BCUT2D eigenvalue weighted by Crippen LogP contribution is 1.95. The quantitative estimate of drug-likeness (QED) is 0.596. The highest BCUT2D eigenvalue weighted by molar-refractivity contribution is 6.08. The van der Waals surface area contributed by atoms with Crippen LogP contribution in [0.4, 0.5) is 0 Å². The van der Waals surface area contributed by atoms with Crippen molar-refractivity contribution >= 4 is 10.2 Å². The molecule has 0 fully saturated rings. The molecule has 0 aromatic heterocycles. The molecule has 0 amide bonds. The average molecular weight is 210 g/mol. The van der Waals surface area contributed by atoms with E-state index >= 15 is 0 Å². The number of aliphatic hydroxyl groups is 1. The SMILES string of the molecule is CCCCC[SiH3].OCc1ccccc1. The molecule has 0 atom stereocenters. The molecule has 80 valence electrons. The maximum atomic E-state index is 8.54. The second-order valence-corrected chi connectivity index (χ2v) is 4.35. The molecule has 1 aromatic rings. The number of hydrogen-bond acceptors (Lipinski definition) is 1. The van der Waals surface area contributed by atoms with Gasteiger partial charge in [0.25, 0.3) is 0 Å². The summed E-state index contributed by atoms with van der Waals surface area (Å²) in [6, 6.07) is 11.0. The van der Waals surface area contributed by atoms with Crippen molar-refractivity contribution in [2.24, 2.45) is 0 Å². The zero-order chi connectivity index (χ0) is 10.6. The van der Waals surface area contributed by atoms with Gasteiger partial charge >= 0.3 is 0 Å². The molecule has 0 saturated carbocycles. The topological polar surface area (TPSA) is 20.2 Å². The van der Waals surface area contributed by atoms with Crippen molar-refractivity contribution in [3.8, 4) is 0 Å². The maximum Gasteiger partial charge on any atom is 0.0681 e. The first kappa shape index (κ1) is 13.4. The van der Waals surface area contributed by atoms with Crippen molar-refractivity contribution in [1.29, 1.82) is 0 Å². The Balaban J connectivity index is 0.000000255. The number of benzene rings is 1. The molecule has 0 unspecified atom stereocenters. The standard InChI is InChI=1S/C7H8O.C5H14Si/c8-6-7-4-2-1-3-5-7;1-2-3-4-5-6/h1-5,8H,6H2;2-5H2,1,6H3. The Bertz CT molecular complexity index is 195. The Kier molecular flexibility index (Phi) is 10.0. The van der Waals surface area contributed by atoms with Crippen molar-refractivity contribution < 1.29 is 5.11 Å². The van der Waals surface area contributed by atoms with Crippen LogP contribution in [0, 0.1) is 0 Å². The van der Waals surface area contributed by atoms with Crippen molar-refractivity contribution in [2.75, 3.05) is 0 Å². The fourth-order valence-electron chi connectivity index (χ4n) is 1.08. The van der Waals surface area contributed by atoms with Crippen LogP contribution in [0.3, 0.4) is 0 Å². The molecule has 0 spiro atoms. The molecule has 1 nitrogen and oxygen atoms in total.